The molecule has 1 aliphatic heterocycles. The maximum absolute atomic E-state index is 5.86. The summed E-state index contributed by atoms with van der Waals surface area (Å²) in [5.74, 6) is 1.92. The van der Waals surface area contributed by atoms with E-state index in [1.165, 1.54) is 30.5 Å². The monoisotopic (exact) mass is 270 g/mol. The Kier molecular flexibility index (Phi) is 3.79. The minimum Gasteiger partial charge on any atom is -0.463 e. The van der Waals surface area contributed by atoms with Gasteiger partial charge in [0.15, 0.2) is 0 Å². The Morgan fingerprint density at radius 2 is 2.10 bits per heavy atom. The van der Waals surface area contributed by atoms with E-state index < -0.39 is 0 Å². The largest absolute Gasteiger partial charge is 0.463 e. The van der Waals surface area contributed by atoms with Gasteiger partial charge in [-0.1, -0.05) is 18.2 Å². The molecular formula is C17H22N2O. The molecule has 2 heterocycles. The number of hydrogen-bond donors (Lipinski definition) is 1. The molecule has 3 heteroatoms. The van der Waals surface area contributed by atoms with Gasteiger partial charge in [-0.3, -0.25) is 0 Å². The SMILES string of the molecule is Cc1cc(CN2CCCCc3ccccc32)oc1CN. The van der Waals surface area contributed by atoms with Crippen LogP contribution < -0.4 is 10.6 Å². The summed E-state index contributed by atoms with van der Waals surface area (Å²) < 4.78 is 5.86. The third-order valence-corrected chi connectivity index (χ3v) is 4.06. The number of rotatable bonds is 3. The number of fused-ring (bicyclic) bond motifs is 1. The van der Waals surface area contributed by atoms with Crippen LogP contribution >= 0.6 is 0 Å². The van der Waals surface area contributed by atoms with Crippen molar-refractivity contribution in [3.8, 4) is 0 Å². The van der Waals surface area contributed by atoms with E-state index in [2.05, 4.69) is 42.2 Å². The van der Waals surface area contributed by atoms with Crippen molar-refractivity contribution in [1.29, 1.82) is 0 Å². The Labute approximate surface area is 120 Å². The summed E-state index contributed by atoms with van der Waals surface area (Å²) in [5, 5.41) is 0. The highest BCUT2D eigenvalue weighted by atomic mass is 16.3. The quantitative estimate of drug-likeness (QED) is 0.929. The first kappa shape index (κ1) is 13.3. The average molecular weight is 270 g/mol. The fourth-order valence-electron chi connectivity index (χ4n) is 2.99. The van der Waals surface area contributed by atoms with Crippen LogP contribution in [0, 0.1) is 6.92 Å². The molecule has 0 spiro atoms. The number of nitrogens with two attached hydrogens (primary N) is 1. The number of benzene rings is 1. The molecule has 3 rings (SSSR count). The molecule has 0 fully saturated rings. The number of nitrogens with zero attached hydrogens (tertiary/aromatic N) is 1. The summed E-state index contributed by atoms with van der Waals surface area (Å²) in [5.41, 5.74) is 9.66. The highest BCUT2D eigenvalue weighted by Gasteiger charge is 2.17. The van der Waals surface area contributed by atoms with Crippen LogP contribution in [0.1, 0.15) is 35.5 Å². The predicted molar refractivity (Wildman–Crippen MR) is 81.8 cm³/mol. The smallest absolute Gasteiger partial charge is 0.123 e. The van der Waals surface area contributed by atoms with Crippen LogP contribution in [0.2, 0.25) is 0 Å². The summed E-state index contributed by atoms with van der Waals surface area (Å²) in [6.45, 7) is 4.46. The summed E-state index contributed by atoms with van der Waals surface area (Å²) >= 11 is 0. The van der Waals surface area contributed by atoms with Crippen LogP contribution in [0.15, 0.2) is 34.7 Å². The summed E-state index contributed by atoms with van der Waals surface area (Å²) in [6.07, 6.45) is 3.68. The maximum atomic E-state index is 5.86. The molecule has 2 aromatic rings. The molecule has 0 saturated heterocycles. The lowest BCUT2D eigenvalue weighted by Gasteiger charge is -2.23. The van der Waals surface area contributed by atoms with Crippen LogP contribution in [-0.4, -0.2) is 6.54 Å². The molecule has 106 valence electrons. The molecule has 0 atom stereocenters. The molecule has 0 unspecified atom stereocenters. The Bertz CT molecular complexity index is 588. The van der Waals surface area contributed by atoms with Gasteiger partial charge in [-0.05, 0) is 49.4 Å². The van der Waals surface area contributed by atoms with Crippen molar-refractivity contribution in [2.45, 2.75) is 39.3 Å². The highest BCUT2D eigenvalue weighted by molar-refractivity contribution is 5.54. The zero-order chi connectivity index (χ0) is 13.9. The lowest BCUT2D eigenvalue weighted by atomic mass is 10.1. The van der Waals surface area contributed by atoms with Crippen LogP contribution in [0.3, 0.4) is 0 Å². The molecule has 20 heavy (non-hydrogen) atoms. The van der Waals surface area contributed by atoms with Gasteiger partial charge in [0.2, 0.25) is 0 Å². The molecule has 0 saturated carbocycles. The van der Waals surface area contributed by atoms with E-state index in [-0.39, 0.29) is 0 Å². The minimum atomic E-state index is 0.475. The van der Waals surface area contributed by atoms with Crippen molar-refractivity contribution in [1.82, 2.24) is 0 Å². The molecule has 0 bridgehead atoms. The third-order valence-electron chi connectivity index (χ3n) is 4.06. The predicted octanol–water partition coefficient (Wildman–Crippen LogP) is 3.39. The summed E-state index contributed by atoms with van der Waals surface area (Å²) in [4.78, 5) is 2.43. The average Bonchev–Trinajstić information content (AvgIpc) is 2.69. The summed E-state index contributed by atoms with van der Waals surface area (Å²) in [6, 6.07) is 10.8. The van der Waals surface area contributed by atoms with Crippen LogP contribution in [-0.2, 0) is 19.5 Å². The van der Waals surface area contributed by atoms with E-state index in [1.54, 1.807) is 0 Å². The lowest BCUT2D eigenvalue weighted by molar-refractivity contribution is 0.459. The number of furan rings is 1. The van der Waals surface area contributed by atoms with Crippen molar-refractivity contribution in [2.24, 2.45) is 5.73 Å². The van der Waals surface area contributed by atoms with Gasteiger partial charge in [0.1, 0.15) is 11.5 Å². The summed E-state index contributed by atoms with van der Waals surface area (Å²) in [7, 11) is 0. The Hall–Kier alpha value is -1.74. The molecule has 0 radical (unpaired) electrons. The second-order valence-electron chi connectivity index (χ2n) is 5.53. The standard InChI is InChI=1S/C17H22N2O/c1-13-10-15(20-17(13)11-18)12-19-9-5-4-7-14-6-2-3-8-16(14)19/h2-3,6,8,10H,4-5,7,9,11-12,18H2,1H3. The molecule has 1 aliphatic rings. The number of anilines is 1. The fourth-order valence-corrected chi connectivity index (χ4v) is 2.99. The van der Waals surface area contributed by atoms with Gasteiger partial charge in [-0.25, -0.2) is 0 Å². The lowest BCUT2D eigenvalue weighted by Crippen LogP contribution is -2.23. The van der Waals surface area contributed by atoms with Gasteiger partial charge >= 0.3 is 0 Å². The first-order valence-corrected chi connectivity index (χ1v) is 7.39. The minimum absolute atomic E-state index is 0.475. The Balaban J connectivity index is 1.86. The topological polar surface area (TPSA) is 42.4 Å². The van der Waals surface area contributed by atoms with Crippen LogP contribution in [0.25, 0.3) is 0 Å². The highest BCUT2D eigenvalue weighted by Crippen LogP contribution is 2.28. The van der Waals surface area contributed by atoms with E-state index in [1.807, 2.05) is 0 Å². The van der Waals surface area contributed by atoms with E-state index in [4.69, 9.17) is 10.2 Å². The van der Waals surface area contributed by atoms with Crippen molar-refractivity contribution >= 4 is 5.69 Å². The molecule has 0 amide bonds. The second-order valence-corrected chi connectivity index (χ2v) is 5.53. The maximum Gasteiger partial charge on any atom is 0.123 e. The normalized spacial score (nSPS) is 15.0. The van der Waals surface area contributed by atoms with Gasteiger partial charge in [0.25, 0.3) is 0 Å². The molecule has 3 nitrogen and oxygen atoms in total. The van der Waals surface area contributed by atoms with Crippen LogP contribution in [0.4, 0.5) is 5.69 Å². The van der Waals surface area contributed by atoms with Gasteiger partial charge in [0.05, 0.1) is 13.1 Å². The zero-order valence-electron chi connectivity index (χ0n) is 12.1. The van der Waals surface area contributed by atoms with Crippen LogP contribution in [0.5, 0.6) is 0 Å². The van der Waals surface area contributed by atoms with E-state index >= 15 is 0 Å². The van der Waals surface area contributed by atoms with Crippen molar-refractivity contribution in [3.05, 3.63) is 53.0 Å². The first-order valence-electron chi connectivity index (χ1n) is 7.39. The van der Waals surface area contributed by atoms with Gasteiger partial charge in [-0.2, -0.15) is 0 Å². The van der Waals surface area contributed by atoms with Gasteiger partial charge < -0.3 is 15.1 Å². The second kappa shape index (κ2) is 5.71. The van der Waals surface area contributed by atoms with E-state index in [0.29, 0.717) is 6.54 Å². The molecule has 0 aliphatic carbocycles. The molecule has 1 aromatic heterocycles. The first-order chi connectivity index (χ1) is 9.78. The molecule has 2 N–H and O–H groups in total. The van der Waals surface area contributed by atoms with Crippen molar-refractivity contribution < 1.29 is 4.42 Å². The van der Waals surface area contributed by atoms with E-state index in [9.17, 15) is 0 Å². The molecular weight excluding hydrogens is 248 g/mol. The number of aryl methyl sites for hydroxylation is 2. The van der Waals surface area contributed by atoms with Crippen molar-refractivity contribution in [3.63, 3.8) is 0 Å². The Morgan fingerprint density at radius 1 is 1.25 bits per heavy atom. The molecule has 1 aromatic carbocycles. The van der Waals surface area contributed by atoms with Gasteiger partial charge in [0, 0.05) is 12.2 Å². The third kappa shape index (κ3) is 2.59. The number of hydrogen-bond acceptors (Lipinski definition) is 3. The Morgan fingerprint density at radius 3 is 2.90 bits per heavy atom. The zero-order valence-corrected chi connectivity index (χ0v) is 12.1. The number of para-hydroxylation sites is 1. The fraction of sp³-hybridized carbons (Fsp3) is 0.412. The van der Waals surface area contributed by atoms with Crippen molar-refractivity contribution in [2.75, 3.05) is 11.4 Å². The van der Waals surface area contributed by atoms with Gasteiger partial charge in [-0.15, -0.1) is 0 Å². The van der Waals surface area contributed by atoms with E-state index in [0.717, 1.165) is 30.2 Å².